The van der Waals surface area contributed by atoms with Gasteiger partial charge in [0.2, 0.25) is 15.9 Å². The van der Waals surface area contributed by atoms with E-state index in [1.807, 2.05) is 6.92 Å². The summed E-state index contributed by atoms with van der Waals surface area (Å²) in [5.74, 6) is -0.326. The zero-order chi connectivity index (χ0) is 15.6. The van der Waals surface area contributed by atoms with E-state index in [9.17, 15) is 21.6 Å². The van der Waals surface area contributed by atoms with Gasteiger partial charge in [0.1, 0.15) is 0 Å². The number of likely N-dealkylation sites (N-methyl/N-ethyl adjacent to an activating group) is 1. The van der Waals surface area contributed by atoms with Crippen molar-refractivity contribution in [2.75, 3.05) is 37.9 Å². The predicted molar refractivity (Wildman–Crippen MR) is 76.5 cm³/mol. The van der Waals surface area contributed by atoms with Crippen LogP contribution < -0.4 is 0 Å². The van der Waals surface area contributed by atoms with Crippen LogP contribution in [0, 0.1) is 0 Å². The summed E-state index contributed by atoms with van der Waals surface area (Å²) >= 11 is 0. The SMILES string of the molecule is CCCN(CC(=O)N(C)C1CCS(=O)(=O)C1)S(C)(=O)=O. The van der Waals surface area contributed by atoms with Gasteiger partial charge in [0, 0.05) is 19.6 Å². The highest BCUT2D eigenvalue weighted by Gasteiger charge is 2.33. The standard InChI is InChI=1S/C11H22N2O5S2/c1-4-6-13(19(3,15)16)8-11(14)12(2)10-5-7-20(17,18)9-10/h10H,4-9H2,1-3H3. The first-order valence-electron chi connectivity index (χ1n) is 6.48. The molecule has 1 amide bonds. The Labute approximate surface area is 120 Å². The number of hydrogen-bond donors (Lipinski definition) is 0. The van der Waals surface area contributed by atoms with E-state index in [2.05, 4.69) is 0 Å². The summed E-state index contributed by atoms with van der Waals surface area (Å²) in [4.78, 5) is 13.5. The average molecular weight is 326 g/mol. The van der Waals surface area contributed by atoms with E-state index in [0.717, 1.165) is 10.6 Å². The number of sulfonamides is 1. The molecule has 1 unspecified atom stereocenters. The molecule has 0 aromatic heterocycles. The summed E-state index contributed by atoms with van der Waals surface area (Å²) in [6.45, 7) is 1.87. The van der Waals surface area contributed by atoms with Crippen molar-refractivity contribution in [1.29, 1.82) is 0 Å². The molecule has 0 saturated carbocycles. The lowest BCUT2D eigenvalue weighted by molar-refractivity contribution is -0.131. The van der Waals surface area contributed by atoms with Crippen LogP contribution in [0.2, 0.25) is 0 Å². The number of sulfone groups is 1. The summed E-state index contributed by atoms with van der Waals surface area (Å²) in [5, 5.41) is 0. The van der Waals surface area contributed by atoms with Gasteiger partial charge in [0.25, 0.3) is 0 Å². The molecule has 1 aliphatic rings. The smallest absolute Gasteiger partial charge is 0.237 e. The van der Waals surface area contributed by atoms with Crippen molar-refractivity contribution in [3.63, 3.8) is 0 Å². The fourth-order valence-electron chi connectivity index (χ4n) is 2.16. The third-order valence-electron chi connectivity index (χ3n) is 3.40. The molecular weight excluding hydrogens is 304 g/mol. The minimum atomic E-state index is -3.43. The second-order valence-electron chi connectivity index (χ2n) is 5.16. The Balaban J connectivity index is 2.70. The summed E-state index contributed by atoms with van der Waals surface area (Å²) in [7, 11) is -4.97. The third-order valence-corrected chi connectivity index (χ3v) is 6.40. The van der Waals surface area contributed by atoms with Gasteiger partial charge in [0.05, 0.1) is 24.3 Å². The molecule has 0 bridgehead atoms. The summed E-state index contributed by atoms with van der Waals surface area (Å²) in [5.41, 5.74) is 0. The highest BCUT2D eigenvalue weighted by molar-refractivity contribution is 7.91. The van der Waals surface area contributed by atoms with Gasteiger partial charge in [-0.15, -0.1) is 0 Å². The Hall–Kier alpha value is -0.670. The normalized spacial score (nSPS) is 22.1. The fraction of sp³-hybridized carbons (Fsp3) is 0.909. The number of hydrogen-bond acceptors (Lipinski definition) is 5. The van der Waals surface area contributed by atoms with Crippen LogP contribution in [0.3, 0.4) is 0 Å². The molecule has 1 aliphatic heterocycles. The Bertz CT molecular complexity index is 555. The number of nitrogens with zero attached hydrogens (tertiary/aromatic N) is 2. The van der Waals surface area contributed by atoms with Crippen molar-refractivity contribution >= 4 is 25.8 Å². The number of rotatable bonds is 6. The van der Waals surface area contributed by atoms with Gasteiger partial charge < -0.3 is 4.90 Å². The Morgan fingerprint density at radius 2 is 1.95 bits per heavy atom. The second kappa shape index (κ2) is 6.40. The highest BCUT2D eigenvalue weighted by atomic mass is 32.2. The maximum Gasteiger partial charge on any atom is 0.237 e. The molecule has 7 nitrogen and oxygen atoms in total. The van der Waals surface area contributed by atoms with Crippen molar-refractivity contribution in [2.45, 2.75) is 25.8 Å². The van der Waals surface area contributed by atoms with Gasteiger partial charge >= 0.3 is 0 Å². The third kappa shape index (κ3) is 4.71. The average Bonchev–Trinajstić information content (AvgIpc) is 2.66. The Morgan fingerprint density at radius 1 is 1.35 bits per heavy atom. The molecular formula is C11H22N2O5S2. The molecule has 1 fully saturated rings. The van der Waals surface area contributed by atoms with Crippen molar-refractivity contribution < 1.29 is 21.6 Å². The quantitative estimate of drug-likeness (QED) is 0.644. The lowest BCUT2D eigenvalue weighted by Gasteiger charge is -2.26. The zero-order valence-corrected chi connectivity index (χ0v) is 13.7. The van der Waals surface area contributed by atoms with Crippen LogP contribution >= 0.6 is 0 Å². The number of amides is 1. The molecule has 0 aromatic carbocycles. The second-order valence-corrected chi connectivity index (χ2v) is 9.37. The van der Waals surface area contributed by atoms with Crippen LogP contribution in [0.5, 0.6) is 0 Å². The van der Waals surface area contributed by atoms with E-state index >= 15 is 0 Å². The van der Waals surface area contributed by atoms with Gasteiger partial charge in [0.15, 0.2) is 9.84 Å². The largest absolute Gasteiger partial charge is 0.341 e. The maximum absolute atomic E-state index is 12.1. The molecule has 1 rings (SSSR count). The van der Waals surface area contributed by atoms with Crippen LogP contribution in [0.15, 0.2) is 0 Å². The van der Waals surface area contributed by atoms with Gasteiger partial charge in [-0.05, 0) is 12.8 Å². The van der Waals surface area contributed by atoms with Crippen molar-refractivity contribution in [1.82, 2.24) is 9.21 Å². The minimum absolute atomic E-state index is 0.0398. The first kappa shape index (κ1) is 17.4. The molecule has 0 spiro atoms. The van der Waals surface area contributed by atoms with Crippen molar-refractivity contribution in [2.24, 2.45) is 0 Å². The van der Waals surface area contributed by atoms with Crippen LogP contribution in [-0.4, -0.2) is 75.9 Å². The topological polar surface area (TPSA) is 91.8 Å². The highest BCUT2D eigenvalue weighted by Crippen LogP contribution is 2.17. The lowest BCUT2D eigenvalue weighted by Crippen LogP contribution is -2.45. The van der Waals surface area contributed by atoms with E-state index < -0.39 is 19.9 Å². The molecule has 0 N–H and O–H groups in total. The maximum atomic E-state index is 12.1. The predicted octanol–water partition coefficient (Wildman–Crippen LogP) is -0.696. The molecule has 20 heavy (non-hydrogen) atoms. The van der Waals surface area contributed by atoms with E-state index in [4.69, 9.17) is 0 Å². The molecule has 0 radical (unpaired) electrons. The Kier molecular flexibility index (Phi) is 5.56. The summed E-state index contributed by atoms with van der Waals surface area (Å²) in [6, 6.07) is -0.351. The van der Waals surface area contributed by atoms with Gasteiger partial charge in [-0.2, -0.15) is 4.31 Å². The summed E-state index contributed by atoms with van der Waals surface area (Å²) in [6.07, 6.45) is 2.09. The zero-order valence-electron chi connectivity index (χ0n) is 12.1. The van der Waals surface area contributed by atoms with Crippen LogP contribution in [0.4, 0.5) is 0 Å². The molecule has 1 atom stereocenters. The first-order valence-corrected chi connectivity index (χ1v) is 10.1. The van der Waals surface area contributed by atoms with Crippen LogP contribution in [-0.2, 0) is 24.7 Å². The molecule has 1 heterocycles. The van der Waals surface area contributed by atoms with E-state index in [1.54, 1.807) is 0 Å². The molecule has 1 saturated heterocycles. The molecule has 118 valence electrons. The van der Waals surface area contributed by atoms with E-state index in [1.165, 1.54) is 11.9 Å². The van der Waals surface area contributed by atoms with Gasteiger partial charge in [-0.25, -0.2) is 16.8 Å². The molecule has 0 aromatic rings. The Morgan fingerprint density at radius 3 is 2.35 bits per heavy atom. The van der Waals surface area contributed by atoms with Gasteiger partial charge in [-0.1, -0.05) is 6.92 Å². The van der Waals surface area contributed by atoms with Crippen LogP contribution in [0.1, 0.15) is 19.8 Å². The van der Waals surface area contributed by atoms with E-state index in [-0.39, 0.29) is 36.5 Å². The van der Waals surface area contributed by atoms with Crippen molar-refractivity contribution in [3.05, 3.63) is 0 Å². The van der Waals surface area contributed by atoms with Crippen LogP contribution in [0.25, 0.3) is 0 Å². The first-order chi connectivity index (χ1) is 9.07. The summed E-state index contributed by atoms with van der Waals surface area (Å²) < 4.78 is 47.1. The fourth-order valence-corrected chi connectivity index (χ4v) is 4.79. The molecule has 9 heteroatoms. The lowest BCUT2D eigenvalue weighted by atomic mass is 10.2. The molecule has 0 aliphatic carbocycles. The van der Waals surface area contributed by atoms with E-state index in [0.29, 0.717) is 12.8 Å². The minimum Gasteiger partial charge on any atom is -0.341 e. The number of carbonyl (C=O) groups excluding carboxylic acids is 1. The number of carbonyl (C=O) groups is 1. The van der Waals surface area contributed by atoms with Crippen molar-refractivity contribution in [3.8, 4) is 0 Å². The monoisotopic (exact) mass is 326 g/mol. The van der Waals surface area contributed by atoms with Gasteiger partial charge in [-0.3, -0.25) is 4.79 Å².